The van der Waals surface area contributed by atoms with Crippen LogP contribution in [0.15, 0.2) is 121 Å². The Morgan fingerprint density at radius 1 is 0.788 bits per heavy atom. The van der Waals surface area contributed by atoms with Crippen LogP contribution in [0.25, 0.3) is 28.0 Å². The molecule has 0 spiro atoms. The Hall–Kier alpha value is -5.94. The van der Waals surface area contributed by atoms with Gasteiger partial charge in [-0.05, 0) is 69.5 Å². The van der Waals surface area contributed by atoms with Gasteiger partial charge < -0.3 is 14.2 Å². The largest absolute Gasteiger partial charge is 0.497 e. The zero-order chi connectivity index (χ0) is 36.4. The maximum absolute atomic E-state index is 13.8. The lowest BCUT2D eigenvalue weighted by molar-refractivity contribution is -0.123. The molecule has 2 aliphatic rings. The molecule has 1 aliphatic carbocycles. The van der Waals surface area contributed by atoms with Crippen molar-refractivity contribution >= 4 is 29.3 Å². The Morgan fingerprint density at radius 3 is 2.06 bits per heavy atom. The molecule has 1 heterocycles. The van der Waals surface area contributed by atoms with Crippen LogP contribution in [0, 0.1) is 6.92 Å². The van der Waals surface area contributed by atoms with Gasteiger partial charge >= 0.3 is 12.4 Å². The summed E-state index contributed by atoms with van der Waals surface area (Å²) in [4.78, 5) is 25.4. The second-order valence-electron chi connectivity index (χ2n) is 14.8. The molecule has 8 rings (SSSR count). The molecule has 6 aromatic rings. The molecule has 0 radical (unpaired) electrons. The molecular weight excluding hydrogens is 645 g/mol. The average molecular weight is 685 g/mol. The first kappa shape index (κ1) is 33.2. The fourth-order valence-electron chi connectivity index (χ4n) is 8.64. The molecule has 1 unspecified atom stereocenters. The fourth-order valence-corrected chi connectivity index (χ4v) is 8.64. The number of fused-ring (bicyclic) bond motifs is 8. The van der Waals surface area contributed by atoms with E-state index in [-0.39, 0.29) is 6.47 Å². The van der Waals surface area contributed by atoms with E-state index in [1.807, 2.05) is 61.5 Å². The smallest absolute Gasteiger partial charge is 0.346 e. The number of hydrogen-bond donors (Lipinski definition) is 0. The highest BCUT2D eigenvalue weighted by Gasteiger charge is 2.46. The number of ether oxygens (including phenoxy) is 3. The van der Waals surface area contributed by atoms with Crippen molar-refractivity contribution in [3.8, 4) is 22.6 Å². The standard InChI is InChI=1S/C47H40O5/c1-29-39-37(27-38(40(29)44(49)51-28-48)45(2,3)30-15-9-7-10-16-30)46(4,5)42-36-25-26-47(31-17-11-8-12-18-31,32-21-23-33(50-6)24-22-32)52-43(36)35-20-14-13-19-34(35)41(39)42/h7-28H,1-6H3. The highest BCUT2D eigenvalue weighted by molar-refractivity contribution is 6.11. The molecule has 0 saturated heterocycles. The second-order valence-corrected chi connectivity index (χ2v) is 14.8. The third-order valence-electron chi connectivity index (χ3n) is 11.3. The minimum atomic E-state index is -0.901. The zero-order valence-corrected chi connectivity index (χ0v) is 30.2. The Balaban J connectivity index is 1.43. The fraction of sp³-hybridized carbons (Fsp3) is 0.191. The molecule has 1 atom stereocenters. The predicted octanol–water partition coefficient (Wildman–Crippen LogP) is 10.5. The van der Waals surface area contributed by atoms with Gasteiger partial charge in [-0.1, -0.05) is 137 Å². The normalized spacial score (nSPS) is 16.7. The Bertz CT molecular complexity index is 2420. The zero-order valence-electron chi connectivity index (χ0n) is 30.2. The first-order chi connectivity index (χ1) is 25.0. The van der Waals surface area contributed by atoms with Gasteiger partial charge in [-0.3, -0.25) is 4.79 Å². The maximum Gasteiger partial charge on any atom is 0.346 e. The third-order valence-corrected chi connectivity index (χ3v) is 11.3. The van der Waals surface area contributed by atoms with Crippen LogP contribution in [0.2, 0.25) is 0 Å². The molecule has 258 valence electrons. The van der Waals surface area contributed by atoms with Crippen LogP contribution in [0.1, 0.15) is 82.6 Å². The molecule has 0 fully saturated rings. The van der Waals surface area contributed by atoms with E-state index in [9.17, 15) is 9.59 Å². The van der Waals surface area contributed by atoms with E-state index in [4.69, 9.17) is 14.2 Å². The van der Waals surface area contributed by atoms with Crippen molar-refractivity contribution in [1.29, 1.82) is 0 Å². The van der Waals surface area contributed by atoms with E-state index in [1.54, 1.807) is 7.11 Å². The topological polar surface area (TPSA) is 61.8 Å². The number of rotatable bonds is 7. The molecule has 5 nitrogen and oxygen atoms in total. The lowest BCUT2D eigenvalue weighted by atomic mass is 9.71. The molecule has 0 aromatic heterocycles. The van der Waals surface area contributed by atoms with Gasteiger partial charge in [-0.25, -0.2) is 4.79 Å². The molecule has 0 amide bonds. The summed E-state index contributed by atoms with van der Waals surface area (Å²) in [5.41, 5.74) is 8.42. The number of carbonyl (C=O) groups is 2. The van der Waals surface area contributed by atoms with Gasteiger partial charge in [0, 0.05) is 32.9 Å². The SMILES string of the molecule is COc1ccc(C2(c3ccccc3)C=Cc3c4c(c5ccccc5c3O2)-c2c(cc(C(C)(C)c3ccccc3)c(C(=O)OC=O)c2C)C4(C)C)cc1. The number of hydrogen-bond acceptors (Lipinski definition) is 5. The summed E-state index contributed by atoms with van der Waals surface area (Å²) in [5.74, 6) is 0.926. The summed E-state index contributed by atoms with van der Waals surface area (Å²) in [6.07, 6.45) is 4.39. The minimum Gasteiger partial charge on any atom is -0.497 e. The molecule has 0 saturated carbocycles. The van der Waals surface area contributed by atoms with E-state index >= 15 is 0 Å². The Kier molecular flexibility index (Phi) is 7.72. The Labute approximate surface area is 304 Å². The molecule has 0 bridgehead atoms. The highest BCUT2D eigenvalue weighted by Crippen LogP contribution is 2.60. The molecule has 52 heavy (non-hydrogen) atoms. The van der Waals surface area contributed by atoms with Crippen molar-refractivity contribution in [2.24, 2.45) is 0 Å². The van der Waals surface area contributed by atoms with Gasteiger partial charge in [0.25, 0.3) is 0 Å². The van der Waals surface area contributed by atoms with E-state index in [1.165, 1.54) is 0 Å². The van der Waals surface area contributed by atoms with Crippen molar-refractivity contribution in [1.82, 2.24) is 0 Å². The van der Waals surface area contributed by atoms with E-state index in [0.29, 0.717) is 5.56 Å². The van der Waals surface area contributed by atoms with Crippen LogP contribution in [0.4, 0.5) is 0 Å². The van der Waals surface area contributed by atoms with Gasteiger partial charge in [0.2, 0.25) is 0 Å². The van der Waals surface area contributed by atoms with Crippen LogP contribution in [0.5, 0.6) is 11.5 Å². The molecule has 6 aromatic carbocycles. The molecule has 0 N–H and O–H groups in total. The number of carbonyl (C=O) groups excluding carboxylic acids is 2. The first-order valence-corrected chi connectivity index (χ1v) is 17.6. The molecular formula is C47H40O5. The Morgan fingerprint density at radius 2 is 1.40 bits per heavy atom. The lowest BCUT2D eigenvalue weighted by Crippen LogP contribution is -2.35. The van der Waals surface area contributed by atoms with Crippen molar-refractivity contribution in [3.05, 3.63) is 171 Å². The summed E-state index contributed by atoms with van der Waals surface area (Å²) in [5, 5.41) is 2.01. The lowest BCUT2D eigenvalue weighted by Gasteiger charge is -2.38. The second kappa shape index (κ2) is 12.1. The summed E-state index contributed by atoms with van der Waals surface area (Å²) < 4.78 is 18.0. The summed E-state index contributed by atoms with van der Waals surface area (Å²) >= 11 is 0. The number of esters is 1. The molecule has 1 aliphatic heterocycles. The van der Waals surface area contributed by atoms with E-state index < -0.39 is 22.4 Å². The summed E-state index contributed by atoms with van der Waals surface area (Å²) in [6, 6.07) is 39.1. The first-order valence-electron chi connectivity index (χ1n) is 17.6. The number of benzene rings is 6. The van der Waals surface area contributed by atoms with E-state index in [2.05, 4.69) is 101 Å². The van der Waals surface area contributed by atoms with Crippen molar-refractivity contribution in [3.63, 3.8) is 0 Å². The van der Waals surface area contributed by atoms with Gasteiger partial charge in [-0.15, -0.1) is 0 Å². The van der Waals surface area contributed by atoms with Crippen LogP contribution < -0.4 is 9.47 Å². The van der Waals surface area contributed by atoms with Gasteiger partial charge in [0.15, 0.2) is 5.60 Å². The van der Waals surface area contributed by atoms with Crippen molar-refractivity contribution < 1.29 is 23.8 Å². The van der Waals surface area contributed by atoms with Gasteiger partial charge in [-0.2, -0.15) is 0 Å². The quantitative estimate of drug-likeness (QED) is 0.0952. The van der Waals surface area contributed by atoms with Crippen molar-refractivity contribution in [2.45, 2.75) is 51.0 Å². The van der Waals surface area contributed by atoms with Gasteiger partial charge in [0.1, 0.15) is 11.5 Å². The summed E-state index contributed by atoms with van der Waals surface area (Å²) in [6.45, 7) is 11.0. The summed E-state index contributed by atoms with van der Waals surface area (Å²) in [7, 11) is 1.67. The minimum absolute atomic E-state index is 0.224. The van der Waals surface area contributed by atoms with Crippen LogP contribution >= 0.6 is 0 Å². The highest BCUT2D eigenvalue weighted by atomic mass is 16.6. The molecule has 5 heteroatoms. The van der Waals surface area contributed by atoms with Crippen molar-refractivity contribution in [2.75, 3.05) is 7.11 Å². The van der Waals surface area contributed by atoms with Gasteiger partial charge in [0.05, 0.1) is 12.7 Å². The third kappa shape index (κ3) is 4.76. The maximum atomic E-state index is 13.8. The van der Waals surface area contributed by atoms with Crippen LogP contribution in [-0.2, 0) is 26.0 Å². The average Bonchev–Trinajstić information content (AvgIpc) is 3.42. The van der Waals surface area contributed by atoms with Crippen LogP contribution in [0.3, 0.4) is 0 Å². The van der Waals surface area contributed by atoms with E-state index in [0.717, 1.165) is 77.9 Å². The predicted molar refractivity (Wildman–Crippen MR) is 206 cm³/mol. The van der Waals surface area contributed by atoms with Crippen LogP contribution in [-0.4, -0.2) is 19.6 Å². The number of methoxy groups -OCH3 is 1. The monoisotopic (exact) mass is 684 g/mol.